The van der Waals surface area contributed by atoms with Gasteiger partial charge in [0.15, 0.2) is 0 Å². The number of rotatable bonds is 3. The molecule has 6 heteroatoms. The van der Waals surface area contributed by atoms with Crippen molar-refractivity contribution < 1.29 is 18.3 Å². The standard InChI is InChI=1S/C15H15FN2O3/c16-11-3-4-12(17-9-11)8-15(19)18-5-7-21-14(10-18)13-2-1-6-20-13/h1-4,6,9,14H,5,7-8,10H2. The molecule has 1 atom stereocenters. The zero-order valence-corrected chi connectivity index (χ0v) is 11.4. The van der Waals surface area contributed by atoms with Gasteiger partial charge in [0.2, 0.25) is 5.91 Å². The van der Waals surface area contributed by atoms with Gasteiger partial charge in [-0.2, -0.15) is 0 Å². The Hall–Kier alpha value is -2.21. The summed E-state index contributed by atoms with van der Waals surface area (Å²) in [6, 6.07) is 6.46. The molecule has 5 nitrogen and oxygen atoms in total. The number of hydrogen-bond donors (Lipinski definition) is 0. The van der Waals surface area contributed by atoms with Crippen molar-refractivity contribution in [3.05, 3.63) is 54.0 Å². The summed E-state index contributed by atoms with van der Waals surface area (Å²) in [4.78, 5) is 17.9. The van der Waals surface area contributed by atoms with Crippen LogP contribution < -0.4 is 0 Å². The Kier molecular flexibility index (Phi) is 3.96. The van der Waals surface area contributed by atoms with Crippen LogP contribution in [-0.4, -0.2) is 35.5 Å². The molecule has 1 aliphatic rings. The van der Waals surface area contributed by atoms with Crippen molar-refractivity contribution in [2.75, 3.05) is 19.7 Å². The maximum Gasteiger partial charge on any atom is 0.228 e. The summed E-state index contributed by atoms with van der Waals surface area (Å²) in [6.45, 7) is 1.46. The largest absolute Gasteiger partial charge is 0.467 e. The number of carbonyl (C=O) groups excluding carboxylic acids is 1. The molecule has 3 heterocycles. The van der Waals surface area contributed by atoms with Crippen molar-refractivity contribution in [3.8, 4) is 0 Å². The molecule has 0 N–H and O–H groups in total. The summed E-state index contributed by atoms with van der Waals surface area (Å²) >= 11 is 0. The maximum atomic E-state index is 12.8. The molecule has 1 saturated heterocycles. The fraction of sp³-hybridized carbons (Fsp3) is 0.333. The lowest BCUT2D eigenvalue weighted by Gasteiger charge is -2.32. The summed E-state index contributed by atoms with van der Waals surface area (Å²) in [6.07, 6.45) is 2.62. The van der Waals surface area contributed by atoms with E-state index in [0.717, 1.165) is 6.20 Å². The summed E-state index contributed by atoms with van der Waals surface area (Å²) in [7, 11) is 0. The minimum atomic E-state index is -0.407. The van der Waals surface area contributed by atoms with Gasteiger partial charge in [-0.15, -0.1) is 0 Å². The number of furan rings is 1. The molecule has 1 amide bonds. The summed E-state index contributed by atoms with van der Waals surface area (Å²) < 4.78 is 23.7. The average molecular weight is 290 g/mol. The van der Waals surface area contributed by atoms with Crippen LogP contribution in [0.15, 0.2) is 41.1 Å². The molecule has 2 aromatic rings. The fourth-order valence-corrected chi connectivity index (χ4v) is 2.30. The second-order valence-corrected chi connectivity index (χ2v) is 4.86. The van der Waals surface area contributed by atoms with Gasteiger partial charge in [-0.1, -0.05) is 0 Å². The first kappa shape index (κ1) is 13.8. The lowest BCUT2D eigenvalue weighted by molar-refractivity contribution is -0.139. The van der Waals surface area contributed by atoms with Gasteiger partial charge < -0.3 is 14.1 Å². The molecule has 21 heavy (non-hydrogen) atoms. The van der Waals surface area contributed by atoms with E-state index >= 15 is 0 Å². The quantitative estimate of drug-likeness (QED) is 0.867. The highest BCUT2D eigenvalue weighted by molar-refractivity contribution is 5.78. The number of pyridine rings is 1. The number of amides is 1. The zero-order chi connectivity index (χ0) is 14.7. The van der Waals surface area contributed by atoms with E-state index < -0.39 is 5.82 Å². The van der Waals surface area contributed by atoms with Gasteiger partial charge in [0, 0.05) is 12.2 Å². The van der Waals surface area contributed by atoms with E-state index in [2.05, 4.69) is 4.98 Å². The number of nitrogens with zero attached hydrogens (tertiary/aromatic N) is 2. The molecule has 0 radical (unpaired) electrons. The van der Waals surface area contributed by atoms with Crippen molar-refractivity contribution in [1.82, 2.24) is 9.88 Å². The molecule has 1 aliphatic heterocycles. The van der Waals surface area contributed by atoms with Gasteiger partial charge in [-0.25, -0.2) is 4.39 Å². The summed E-state index contributed by atoms with van der Waals surface area (Å²) in [5.41, 5.74) is 0.558. The molecule has 0 spiro atoms. The monoisotopic (exact) mass is 290 g/mol. The fourth-order valence-electron chi connectivity index (χ4n) is 2.30. The number of aromatic nitrogens is 1. The molecule has 1 fully saturated rings. The van der Waals surface area contributed by atoms with E-state index in [1.54, 1.807) is 17.2 Å². The third kappa shape index (κ3) is 3.28. The highest BCUT2D eigenvalue weighted by Gasteiger charge is 2.27. The second kappa shape index (κ2) is 6.05. The molecule has 0 saturated carbocycles. The first-order chi connectivity index (χ1) is 10.2. The summed E-state index contributed by atoms with van der Waals surface area (Å²) in [5, 5.41) is 0. The molecule has 0 bridgehead atoms. The SMILES string of the molecule is O=C(Cc1ccc(F)cn1)N1CCOC(c2ccco2)C1. The molecule has 1 unspecified atom stereocenters. The molecule has 3 rings (SSSR count). The maximum absolute atomic E-state index is 12.8. The Morgan fingerprint density at radius 2 is 2.33 bits per heavy atom. The Bertz CT molecular complexity index is 598. The van der Waals surface area contributed by atoms with Crippen LogP contribution >= 0.6 is 0 Å². The molecule has 0 aromatic carbocycles. The second-order valence-electron chi connectivity index (χ2n) is 4.86. The minimum absolute atomic E-state index is 0.0473. The summed E-state index contributed by atoms with van der Waals surface area (Å²) in [5.74, 6) is 0.261. The number of halogens is 1. The van der Waals surface area contributed by atoms with E-state index in [4.69, 9.17) is 9.15 Å². The molecule has 110 valence electrons. The van der Waals surface area contributed by atoms with Gasteiger partial charge >= 0.3 is 0 Å². The minimum Gasteiger partial charge on any atom is -0.467 e. The van der Waals surface area contributed by atoms with Gasteiger partial charge in [0.05, 0.1) is 32.0 Å². The molecular formula is C15H15FN2O3. The van der Waals surface area contributed by atoms with E-state index in [0.29, 0.717) is 31.2 Å². The lowest BCUT2D eigenvalue weighted by Crippen LogP contribution is -2.43. The van der Waals surface area contributed by atoms with Gasteiger partial charge in [0.25, 0.3) is 0 Å². The number of carbonyl (C=O) groups is 1. The van der Waals surface area contributed by atoms with Crippen LogP contribution in [0.4, 0.5) is 4.39 Å². The number of morpholine rings is 1. The highest BCUT2D eigenvalue weighted by Crippen LogP contribution is 2.22. The van der Waals surface area contributed by atoms with Crippen molar-refractivity contribution >= 4 is 5.91 Å². The molecule has 0 aliphatic carbocycles. The van der Waals surface area contributed by atoms with Crippen molar-refractivity contribution in [2.45, 2.75) is 12.5 Å². The lowest BCUT2D eigenvalue weighted by atomic mass is 10.2. The van der Waals surface area contributed by atoms with Crippen LogP contribution in [0, 0.1) is 5.82 Å². The van der Waals surface area contributed by atoms with Crippen LogP contribution in [0.2, 0.25) is 0 Å². The third-order valence-corrected chi connectivity index (χ3v) is 3.40. The van der Waals surface area contributed by atoms with Crippen LogP contribution in [0.25, 0.3) is 0 Å². The topological polar surface area (TPSA) is 55.6 Å². The first-order valence-corrected chi connectivity index (χ1v) is 6.75. The van der Waals surface area contributed by atoms with E-state index in [-0.39, 0.29) is 18.4 Å². The predicted molar refractivity (Wildman–Crippen MR) is 71.9 cm³/mol. The van der Waals surface area contributed by atoms with Gasteiger partial charge in [0.1, 0.15) is 17.7 Å². The van der Waals surface area contributed by atoms with Crippen LogP contribution in [0.5, 0.6) is 0 Å². The average Bonchev–Trinajstić information content (AvgIpc) is 3.04. The molecular weight excluding hydrogens is 275 g/mol. The number of hydrogen-bond acceptors (Lipinski definition) is 4. The first-order valence-electron chi connectivity index (χ1n) is 6.75. The van der Waals surface area contributed by atoms with Gasteiger partial charge in [-0.05, 0) is 24.3 Å². The van der Waals surface area contributed by atoms with E-state index in [9.17, 15) is 9.18 Å². The smallest absolute Gasteiger partial charge is 0.228 e. The van der Waals surface area contributed by atoms with Crippen LogP contribution in [0.1, 0.15) is 17.6 Å². The van der Waals surface area contributed by atoms with Crippen molar-refractivity contribution in [1.29, 1.82) is 0 Å². The highest BCUT2D eigenvalue weighted by atomic mass is 19.1. The van der Waals surface area contributed by atoms with Crippen molar-refractivity contribution in [3.63, 3.8) is 0 Å². The normalized spacial score (nSPS) is 18.7. The number of ether oxygens (including phenoxy) is 1. The Morgan fingerprint density at radius 1 is 1.43 bits per heavy atom. The Labute approximate surface area is 121 Å². The predicted octanol–water partition coefficient (Wildman–Crippen LogP) is 1.96. The van der Waals surface area contributed by atoms with Crippen LogP contribution in [-0.2, 0) is 16.0 Å². The van der Waals surface area contributed by atoms with Gasteiger partial charge in [-0.3, -0.25) is 9.78 Å². The van der Waals surface area contributed by atoms with Crippen LogP contribution in [0.3, 0.4) is 0 Å². The third-order valence-electron chi connectivity index (χ3n) is 3.40. The Balaban J connectivity index is 1.63. The zero-order valence-electron chi connectivity index (χ0n) is 11.4. The Morgan fingerprint density at radius 3 is 3.05 bits per heavy atom. The molecule has 2 aromatic heterocycles. The van der Waals surface area contributed by atoms with Crippen molar-refractivity contribution in [2.24, 2.45) is 0 Å². The van der Waals surface area contributed by atoms with E-state index in [1.807, 2.05) is 6.07 Å². The van der Waals surface area contributed by atoms with E-state index in [1.165, 1.54) is 12.1 Å².